The van der Waals surface area contributed by atoms with Crippen LogP contribution in [-0.2, 0) is 16.6 Å². The maximum Gasteiger partial charge on any atom is 0.320 e. The summed E-state index contributed by atoms with van der Waals surface area (Å²) >= 11 is 0. The number of hydrogen-bond acceptors (Lipinski definition) is 4. The Kier molecular flexibility index (Phi) is 5.40. The number of sulfonamides is 1. The molecule has 2 N–H and O–H groups in total. The van der Waals surface area contributed by atoms with Gasteiger partial charge in [-0.2, -0.15) is 8.78 Å². The lowest BCUT2D eigenvalue weighted by molar-refractivity contribution is -0.122. The molecule has 1 aromatic heterocycles. The van der Waals surface area contributed by atoms with E-state index in [0.717, 1.165) is 0 Å². The zero-order chi connectivity index (χ0) is 16.4. The van der Waals surface area contributed by atoms with E-state index < -0.39 is 28.9 Å². The minimum absolute atomic E-state index is 0.00520. The van der Waals surface area contributed by atoms with Crippen molar-refractivity contribution in [3.05, 3.63) is 17.1 Å². The first-order chi connectivity index (χ1) is 9.53. The van der Waals surface area contributed by atoms with Crippen LogP contribution in [0.2, 0.25) is 0 Å². The molecule has 0 amide bonds. The highest BCUT2D eigenvalue weighted by Gasteiger charge is 2.42. The van der Waals surface area contributed by atoms with E-state index in [1.807, 2.05) is 0 Å². The molecule has 0 aliphatic carbocycles. The fraction of sp³-hybridized carbons (Fsp3) is 0.636. The highest BCUT2D eigenvalue weighted by Crippen LogP contribution is 2.28. The Morgan fingerprint density at radius 3 is 2.29 bits per heavy atom. The van der Waals surface area contributed by atoms with Crippen LogP contribution in [0, 0.1) is 13.8 Å². The summed E-state index contributed by atoms with van der Waals surface area (Å²) in [6.07, 6.45) is -3.95. The number of furan rings is 1. The van der Waals surface area contributed by atoms with Crippen LogP contribution in [0.5, 0.6) is 0 Å². The first kappa shape index (κ1) is 17.9. The quantitative estimate of drug-likeness (QED) is 0.747. The highest BCUT2D eigenvalue weighted by molar-refractivity contribution is 7.89. The average molecular weight is 332 g/mol. The molecule has 0 aromatic carbocycles. The topological polar surface area (TPSA) is 71.3 Å². The summed E-state index contributed by atoms with van der Waals surface area (Å²) in [4.78, 5) is -0.306. The van der Waals surface area contributed by atoms with Crippen LogP contribution in [0.15, 0.2) is 9.31 Å². The summed E-state index contributed by atoms with van der Waals surface area (Å²) in [5, 5.41) is 2.72. The molecule has 0 fully saturated rings. The molecule has 0 unspecified atom stereocenters. The Morgan fingerprint density at radius 2 is 1.81 bits per heavy atom. The third-order valence-corrected chi connectivity index (χ3v) is 4.36. The molecular formula is C11H16F4N2O3S. The van der Waals surface area contributed by atoms with E-state index in [1.54, 1.807) is 7.05 Å². The molecule has 1 heterocycles. The Bertz CT molecular complexity index is 599. The number of hydrogen-bond donors (Lipinski definition) is 2. The van der Waals surface area contributed by atoms with Crippen LogP contribution in [0.1, 0.15) is 17.1 Å². The van der Waals surface area contributed by atoms with Gasteiger partial charge in [0.1, 0.15) is 16.4 Å². The van der Waals surface area contributed by atoms with E-state index in [-0.39, 0.29) is 22.8 Å². The molecule has 0 saturated carbocycles. The fourth-order valence-electron chi connectivity index (χ4n) is 1.78. The van der Waals surface area contributed by atoms with E-state index in [9.17, 15) is 26.0 Å². The van der Waals surface area contributed by atoms with Crippen molar-refractivity contribution in [3.63, 3.8) is 0 Å². The van der Waals surface area contributed by atoms with Crippen LogP contribution >= 0.6 is 0 Å². The predicted molar refractivity (Wildman–Crippen MR) is 67.1 cm³/mol. The van der Waals surface area contributed by atoms with Gasteiger partial charge in [0.05, 0.1) is 6.54 Å². The van der Waals surface area contributed by atoms with E-state index in [2.05, 4.69) is 5.32 Å². The van der Waals surface area contributed by atoms with Crippen LogP contribution in [-0.4, -0.2) is 34.4 Å². The van der Waals surface area contributed by atoms with Gasteiger partial charge in [0.2, 0.25) is 10.0 Å². The largest absolute Gasteiger partial charge is 0.465 e. The second kappa shape index (κ2) is 6.32. The van der Waals surface area contributed by atoms with Crippen molar-refractivity contribution >= 4 is 10.0 Å². The van der Waals surface area contributed by atoms with Crippen LogP contribution < -0.4 is 10.0 Å². The summed E-state index contributed by atoms with van der Waals surface area (Å²) in [5.74, 6) is -4.13. The fourth-order valence-corrected chi connectivity index (χ4v) is 3.27. The summed E-state index contributed by atoms with van der Waals surface area (Å²) in [6, 6.07) is 0. The molecule has 0 radical (unpaired) electrons. The predicted octanol–water partition coefficient (Wildman–Crippen LogP) is 1.79. The van der Waals surface area contributed by atoms with Gasteiger partial charge in [-0.15, -0.1) is 0 Å². The van der Waals surface area contributed by atoms with Crippen molar-refractivity contribution in [2.24, 2.45) is 0 Å². The van der Waals surface area contributed by atoms with Crippen LogP contribution in [0.3, 0.4) is 0 Å². The summed E-state index contributed by atoms with van der Waals surface area (Å²) < 4.78 is 80.6. The van der Waals surface area contributed by atoms with Crippen molar-refractivity contribution in [2.45, 2.75) is 37.6 Å². The van der Waals surface area contributed by atoms with Gasteiger partial charge in [0.25, 0.3) is 0 Å². The lowest BCUT2D eigenvalue weighted by Gasteiger charge is -2.16. The number of halogens is 4. The molecule has 0 saturated heterocycles. The van der Waals surface area contributed by atoms with Crippen molar-refractivity contribution in [1.29, 1.82) is 0 Å². The third-order valence-electron chi connectivity index (χ3n) is 2.76. The molecule has 10 heteroatoms. The maximum atomic E-state index is 12.8. The van der Waals surface area contributed by atoms with Gasteiger partial charge in [-0.05, 0) is 20.9 Å². The van der Waals surface area contributed by atoms with Gasteiger partial charge >= 0.3 is 12.3 Å². The van der Waals surface area contributed by atoms with E-state index in [4.69, 9.17) is 4.42 Å². The minimum atomic E-state index is -4.44. The second-order valence-corrected chi connectivity index (χ2v) is 6.14. The zero-order valence-corrected chi connectivity index (χ0v) is 12.5. The zero-order valence-electron chi connectivity index (χ0n) is 11.6. The lowest BCUT2D eigenvalue weighted by atomic mass is 10.2. The Morgan fingerprint density at radius 1 is 1.24 bits per heavy atom. The Labute approximate surface area is 119 Å². The van der Waals surface area contributed by atoms with Gasteiger partial charge in [-0.25, -0.2) is 21.9 Å². The van der Waals surface area contributed by atoms with Gasteiger partial charge in [0, 0.05) is 12.1 Å². The van der Waals surface area contributed by atoms with E-state index in [1.165, 1.54) is 18.6 Å². The first-order valence-corrected chi connectivity index (χ1v) is 7.40. The molecule has 0 aliphatic rings. The summed E-state index contributed by atoms with van der Waals surface area (Å²) in [5.41, 5.74) is 0.267. The van der Waals surface area contributed by atoms with Crippen LogP contribution in [0.4, 0.5) is 17.6 Å². The number of alkyl halides is 4. The van der Waals surface area contributed by atoms with Gasteiger partial charge in [0.15, 0.2) is 0 Å². The number of aryl methyl sites for hydroxylation is 2. The Hall–Kier alpha value is -1.13. The molecular weight excluding hydrogens is 316 g/mol. The number of nitrogens with one attached hydrogen (secondary N) is 2. The standard InChI is InChI=1S/C11H16F4N2O3S/c1-6-8(4-16-3)9(7(2)20-6)21(18,19)17-5-11(14,15)10(12)13/h10,16-17H,4-5H2,1-3H3. The van der Waals surface area contributed by atoms with Gasteiger partial charge < -0.3 is 9.73 Å². The molecule has 122 valence electrons. The van der Waals surface area contributed by atoms with Gasteiger partial charge in [-0.1, -0.05) is 0 Å². The maximum absolute atomic E-state index is 12.8. The molecule has 5 nitrogen and oxygen atoms in total. The van der Waals surface area contributed by atoms with E-state index in [0.29, 0.717) is 5.76 Å². The van der Waals surface area contributed by atoms with Crippen LogP contribution in [0.25, 0.3) is 0 Å². The molecule has 0 aliphatic heterocycles. The van der Waals surface area contributed by atoms with Crippen molar-refractivity contribution < 1.29 is 30.4 Å². The molecule has 21 heavy (non-hydrogen) atoms. The summed E-state index contributed by atoms with van der Waals surface area (Å²) in [7, 11) is -2.82. The van der Waals surface area contributed by atoms with Crippen molar-refractivity contribution in [2.75, 3.05) is 13.6 Å². The smallest absolute Gasteiger partial charge is 0.320 e. The lowest BCUT2D eigenvalue weighted by Crippen LogP contribution is -2.41. The Balaban J connectivity index is 3.09. The average Bonchev–Trinajstić information content (AvgIpc) is 2.63. The molecule has 0 bridgehead atoms. The normalized spacial score (nSPS) is 13.1. The highest BCUT2D eigenvalue weighted by atomic mass is 32.2. The molecule has 0 spiro atoms. The van der Waals surface area contributed by atoms with Crippen molar-refractivity contribution in [3.8, 4) is 0 Å². The first-order valence-electron chi connectivity index (χ1n) is 5.92. The molecule has 0 atom stereocenters. The SMILES string of the molecule is CNCc1c(C)oc(C)c1S(=O)(=O)NCC(F)(F)C(F)F. The minimum Gasteiger partial charge on any atom is -0.465 e. The number of rotatable bonds is 7. The van der Waals surface area contributed by atoms with Gasteiger partial charge in [-0.3, -0.25) is 0 Å². The van der Waals surface area contributed by atoms with E-state index >= 15 is 0 Å². The molecule has 1 aromatic rings. The van der Waals surface area contributed by atoms with Crippen molar-refractivity contribution in [1.82, 2.24) is 10.0 Å². The molecule has 1 rings (SSSR count). The third kappa shape index (κ3) is 3.95. The monoisotopic (exact) mass is 332 g/mol. The summed E-state index contributed by atoms with van der Waals surface area (Å²) in [6.45, 7) is 1.32. The second-order valence-electron chi connectivity index (χ2n) is 4.44.